The molecule has 304 valence electrons. The number of amides is 2. The van der Waals surface area contributed by atoms with E-state index in [0.717, 1.165) is 79.5 Å². The molecule has 2 N–H and O–H groups in total. The summed E-state index contributed by atoms with van der Waals surface area (Å²) in [5.74, 6) is 3.14. The monoisotopic (exact) mass is 777 g/mol. The number of pyridine rings is 1. The van der Waals surface area contributed by atoms with Crippen LogP contribution in [0.25, 0.3) is 10.9 Å². The maximum Gasteiger partial charge on any atom is 0.300 e. The predicted molar refractivity (Wildman–Crippen MR) is 208 cm³/mol. The molecule has 1 aromatic carbocycles. The third-order valence-electron chi connectivity index (χ3n) is 10.2. The van der Waals surface area contributed by atoms with Crippen molar-refractivity contribution in [1.29, 1.82) is 0 Å². The number of aromatic nitrogens is 5. The van der Waals surface area contributed by atoms with E-state index in [-0.39, 0.29) is 30.7 Å². The summed E-state index contributed by atoms with van der Waals surface area (Å²) >= 11 is 0. The van der Waals surface area contributed by atoms with Crippen molar-refractivity contribution in [2.75, 3.05) is 65.5 Å². The van der Waals surface area contributed by atoms with Gasteiger partial charge in [-0.1, -0.05) is 5.16 Å². The Morgan fingerprint density at radius 2 is 1.77 bits per heavy atom. The summed E-state index contributed by atoms with van der Waals surface area (Å²) < 4.78 is 24.6. The highest BCUT2D eigenvalue weighted by atomic mass is 16.5. The van der Waals surface area contributed by atoms with Gasteiger partial charge in [0, 0.05) is 68.8 Å². The van der Waals surface area contributed by atoms with Crippen molar-refractivity contribution in [2.24, 2.45) is 5.92 Å². The minimum absolute atomic E-state index is 0.00543. The first-order valence-corrected chi connectivity index (χ1v) is 19.1. The molecule has 1 unspecified atom stereocenters. The van der Waals surface area contributed by atoms with Gasteiger partial charge in [0.2, 0.25) is 17.6 Å². The fraction of sp³-hybridized carbons (Fsp3) is 0.564. The second-order valence-corrected chi connectivity index (χ2v) is 14.2. The van der Waals surface area contributed by atoms with E-state index in [1.54, 1.807) is 32.6 Å². The van der Waals surface area contributed by atoms with Gasteiger partial charge in [-0.3, -0.25) is 19.3 Å². The van der Waals surface area contributed by atoms with Gasteiger partial charge in [-0.2, -0.15) is 5.10 Å². The number of anilines is 1. The lowest BCUT2D eigenvalue weighted by atomic mass is 9.97. The lowest BCUT2D eigenvalue weighted by Gasteiger charge is -2.36. The van der Waals surface area contributed by atoms with Crippen LogP contribution in [0.3, 0.4) is 0 Å². The molecule has 56 heavy (non-hydrogen) atoms. The molecule has 6 rings (SSSR count). The summed E-state index contributed by atoms with van der Waals surface area (Å²) in [5.41, 5.74) is 3.27. The van der Waals surface area contributed by atoms with Crippen LogP contribution in [0.15, 0.2) is 23.0 Å². The van der Waals surface area contributed by atoms with Gasteiger partial charge in [-0.25, -0.2) is 14.6 Å². The highest BCUT2D eigenvalue weighted by Crippen LogP contribution is 2.44. The molecule has 17 heteroatoms. The van der Waals surface area contributed by atoms with E-state index >= 15 is 0 Å². The van der Waals surface area contributed by atoms with Crippen molar-refractivity contribution in [3.63, 3.8) is 0 Å². The maximum absolute atomic E-state index is 13.7. The van der Waals surface area contributed by atoms with Gasteiger partial charge in [0.05, 0.1) is 52.1 Å². The molecule has 1 atom stereocenters. The van der Waals surface area contributed by atoms with E-state index in [4.69, 9.17) is 33.6 Å². The van der Waals surface area contributed by atoms with Gasteiger partial charge in [0.25, 0.3) is 5.97 Å². The Balaban J connectivity index is 0.00000143. The largest absolute Gasteiger partial charge is 0.493 e. The van der Waals surface area contributed by atoms with Crippen LogP contribution in [0.2, 0.25) is 0 Å². The number of hydrogen-bond donors (Lipinski definition) is 2. The Labute approximate surface area is 327 Å². The van der Waals surface area contributed by atoms with E-state index < -0.39 is 5.97 Å². The summed E-state index contributed by atoms with van der Waals surface area (Å²) in [5, 5.41) is 19.8. The number of benzene rings is 1. The molecular formula is C39H55N9O8. The van der Waals surface area contributed by atoms with Gasteiger partial charge >= 0.3 is 0 Å². The Morgan fingerprint density at radius 1 is 1.02 bits per heavy atom. The molecule has 4 aromatic rings. The first-order chi connectivity index (χ1) is 27.0. The Morgan fingerprint density at radius 3 is 2.45 bits per heavy atom. The second-order valence-electron chi connectivity index (χ2n) is 14.2. The number of methoxy groups -OCH3 is 3. The number of piperidine rings is 1. The van der Waals surface area contributed by atoms with Crippen LogP contribution < -0.4 is 24.4 Å². The number of nitrogens with one attached hydrogen (secondary N) is 1. The molecule has 2 aliphatic rings. The smallest absolute Gasteiger partial charge is 0.300 e. The molecule has 5 heterocycles. The molecule has 0 saturated carbocycles. The van der Waals surface area contributed by atoms with Crippen LogP contribution in [0.1, 0.15) is 67.9 Å². The van der Waals surface area contributed by atoms with Crippen molar-refractivity contribution in [2.45, 2.75) is 79.4 Å². The number of carboxylic acids is 1. The summed E-state index contributed by atoms with van der Waals surface area (Å²) in [7, 11) is 4.84. The molecule has 2 bridgehead atoms. The maximum atomic E-state index is 13.7. The average Bonchev–Trinajstić information content (AvgIpc) is 3.77. The second kappa shape index (κ2) is 19.4. The molecule has 17 nitrogen and oxygen atoms in total. The molecule has 3 aromatic heterocycles. The standard InChI is InChI=1S/C37H51N9O6.C2H4O2/c1-7-46-32(39-23-40-46)21-43-12-8-9-13-44(34(48)16-28-24(2)42-52-25(28)3)22-33(47)38-18-26-11-10-14-45(19-26)37-27(20-43)15-29-30(41-37)17-31(49-4)36(51-6)35(29)50-5;1-2(3)4/h15,17,23,26H,7-14,16,18-22H2,1-6H3,(H,38,47);1H3,(H,3,4). The van der Waals surface area contributed by atoms with Crippen molar-refractivity contribution in [3.05, 3.63) is 46.9 Å². The number of fused-ring (bicyclic) bond motifs is 5. The van der Waals surface area contributed by atoms with Gasteiger partial charge in [0.15, 0.2) is 11.5 Å². The number of carbonyl (C=O) groups is 3. The summed E-state index contributed by atoms with van der Waals surface area (Å²) in [4.78, 5) is 52.3. The summed E-state index contributed by atoms with van der Waals surface area (Å²) in [6.45, 7) is 11.9. The summed E-state index contributed by atoms with van der Waals surface area (Å²) in [6, 6.07) is 4.07. The lowest BCUT2D eigenvalue weighted by Crippen LogP contribution is -2.46. The van der Waals surface area contributed by atoms with E-state index in [1.165, 1.54) is 0 Å². The third kappa shape index (κ3) is 10.2. The van der Waals surface area contributed by atoms with Crippen molar-refractivity contribution in [3.8, 4) is 17.2 Å². The van der Waals surface area contributed by atoms with Crippen molar-refractivity contribution < 1.29 is 38.2 Å². The topological polar surface area (TPSA) is 191 Å². The highest BCUT2D eigenvalue weighted by molar-refractivity contribution is 5.92. The lowest BCUT2D eigenvalue weighted by molar-refractivity contribution is -0.135. The van der Waals surface area contributed by atoms with Crippen LogP contribution in [0.5, 0.6) is 17.2 Å². The number of ether oxygens (including phenoxy) is 3. The number of hydrogen-bond acceptors (Lipinski definition) is 13. The number of aliphatic carboxylic acids is 1. The SMILES string of the molecule is CC(=O)O.CCn1ncnc1CN1CCCCN(C(=O)Cc2c(C)noc2C)CC(=O)NCC2CCCN(C2)c2nc3cc(OC)c(OC)c(OC)c3cc2C1. The molecule has 2 amide bonds. The molecular weight excluding hydrogens is 722 g/mol. The Kier molecular flexibility index (Phi) is 14.5. The van der Waals surface area contributed by atoms with E-state index in [2.05, 4.69) is 43.3 Å². The molecule has 1 fully saturated rings. The predicted octanol–water partition coefficient (Wildman–Crippen LogP) is 3.77. The first-order valence-electron chi connectivity index (χ1n) is 19.1. The Bertz CT molecular complexity index is 1960. The van der Waals surface area contributed by atoms with Gasteiger partial charge in [0.1, 0.15) is 23.7 Å². The number of carboxylic acid groups (broad SMARTS) is 1. The normalized spacial score (nSPS) is 17.1. The molecule has 1 saturated heterocycles. The van der Waals surface area contributed by atoms with Crippen molar-refractivity contribution >= 4 is 34.5 Å². The van der Waals surface area contributed by atoms with Crippen LogP contribution in [-0.4, -0.2) is 118 Å². The molecule has 0 spiro atoms. The highest BCUT2D eigenvalue weighted by Gasteiger charge is 2.28. The zero-order chi connectivity index (χ0) is 40.4. The number of aryl methyl sites for hydroxylation is 3. The minimum atomic E-state index is -0.833. The number of nitrogens with zero attached hydrogens (tertiary/aromatic N) is 8. The summed E-state index contributed by atoms with van der Waals surface area (Å²) in [6.07, 6.45) is 5.17. The molecule has 2 aliphatic heterocycles. The quantitative estimate of drug-likeness (QED) is 0.263. The fourth-order valence-corrected chi connectivity index (χ4v) is 7.40. The zero-order valence-electron chi connectivity index (χ0n) is 33.6. The minimum Gasteiger partial charge on any atom is -0.493 e. The van der Waals surface area contributed by atoms with Gasteiger partial charge in [-0.05, 0) is 65.0 Å². The van der Waals surface area contributed by atoms with E-state index in [9.17, 15) is 9.59 Å². The van der Waals surface area contributed by atoms with Crippen LogP contribution in [-0.2, 0) is 40.4 Å². The number of carbonyl (C=O) groups excluding carboxylic acids is 2. The Hall–Kier alpha value is -5.45. The van der Waals surface area contributed by atoms with E-state index in [1.807, 2.05) is 24.6 Å². The number of rotatable bonds is 8. The van der Waals surface area contributed by atoms with Crippen LogP contribution in [0, 0.1) is 19.8 Å². The molecule has 0 aliphatic carbocycles. The first kappa shape index (κ1) is 41.7. The third-order valence-corrected chi connectivity index (χ3v) is 10.2. The van der Waals surface area contributed by atoms with Gasteiger partial charge in [-0.15, -0.1) is 0 Å². The fourth-order valence-electron chi connectivity index (χ4n) is 7.40. The average molecular weight is 778 g/mol. The van der Waals surface area contributed by atoms with Crippen molar-refractivity contribution in [1.82, 2.24) is 40.0 Å². The zero-order valence-corrected chi connectivity index (χ0v) is 33.6. The van der Waals surface area contributed by atoms with Crippen LogP contribution in [0.4, 0.5) is 5.82 Å². The molecule has 0 radical (unpaired) electrons. The van der Waals surface area contributed by atoms with E-state index in [0.29, 0.717) is 67.8 Å². The van der Waals surface area contributed by atoms with Crippen LogP contribution >= 0.6 is 0 Å². The van der Waals surface area contributed by atoms with Gasteiger partial charge < -0.3 is 39.0 Å².